The predicted octanol–water partition coefficient (Wildman–Crippen LogP) is 1.85. The first-order valence-corrected chi connectivity index (χ1v) is 8.77. The summed E-state index contributed by atoms with van der Waals surface area (Å²) in [5, 5.41) is 16.8. The Kier molecular flexibility index (Phi) is 5.82. The molecule has 3 rings (SSSR count). The van der Waals surface area contributed by atoms with Crippen LogP contribution in [-0.4, -0.2) is 39.1 Å². The van der Waals surface area contributed by atoms with Crippen molar-refractivity contribution in [3.05, 3.63) is 41.9 Å². The summed E-state index contributed by atoms with van der Waals surface area (Å²) in [4.78, 5) is 7.01. The zero-order valence-electron chi connectivity index (χ0n) is 14.4. The van der Waals surface area contributed by atoms with Gasteiger partial charge in [0.15, 0.2) is 0 Å². The molecule has 130 valence electrons. The van der Waals surface area contributed by atoms with Crippen molar-refractivity contribution >= 4 is 5.82 Å². The highest BCUT2D eigenvalue weighted by Crippen LogP contribution is 2.24. The van der Waals surface area contributed by atoms with E-state index in [1.165, 1.54) is 24.0 Å². The lowest BCUT2D eigenvalue weighted by molar-refractivity contribution is 0.262. The summed E-state index contributed by atoms with van der Waals surface area (Å²) < 4.78 is 1.81. The lowest BCUT2D eigenvalue weighted by atomic mass is 9.99. The molecule has 2 aromatic heterocycles. The second-order valence-corrected chi connectivity index (χ2v) is 6.51. The molecule has 1 fully saturated rings. The van der Waals surface area contributed by atoms with E-state index >= 15 is 0 Å². The quantitative estimate of drug-likeness (QED) is 0.811. The van der Waals surface area contributed by atoms with E-state index in [-0.39, 0.29) is 6.61 Å². The molecule has 3 heterocycles. The van der Waals surface area contributed by atoms with Crippen molar-refractivity contribution in [3.63, 3.8) is 0 Å². The molecular weight excluding hydrogens is 302 g/mol. The van der Waals surface area contributed by atoms with Crippen molar-refractivity contribution in [2.45, 2.75) is 44.8 Å². The molecule has 2 aromatic rings. The summed E-state index contributed by atoms with van der Waals surface area (Å²) in [5.74, 6) is 1.03. The molecule has 1 atom stereocenters. The number of anilines is 1. The van der Waals surface area contributed by atoms with Crippen molar-refractivity contribution in [2.75, 3.05) is 18.1 Å². The summed E-state index contributed by atoms with van der Waals surface area (Å²) in [6.45, 7) is 2.89. The Morgan fingerprint density at radius 2 is 2.08 bits per heavy atom. The molecular formula is C18H27N5O. The summed E-state index contributed by atoms with van der Waals surface area (Å²) in [6.07, 6.45) is 10.3. The van der Waals surface area contributed by atoms with E-state index in [0.717, 1.165) is 38.3 Å². The van der Waals surface area contributed by atoms with E-state index in [9.17, 15) is 5.11 Å². The third-order valence-corrected chi connectivity index (χ3v) is 4.61. The smallest absolute Gasteiger partial charge is 0.128 e. The van der Waals surface area contributed by atoms with Gasteiger partial charge < -0.3 is 15.3 Å². The highest BCUT2D eigenvalue weighted by Gasteiger charge is 2.22. The highest BCUT2D eigenvalue weighted by atomic mass is 16.3. The average Bonchev–Trinajstić information content (AvgIpc) is 3.02. The van der Waals surface area contributed by atoms with Gasteiger partial charge in [0.05, 0.1) is 6.20 Å². The van der Waals surface area contributed by atoms with Gasteiger partial charge in [-0.15, -0.1) is 0 Å². The Bertz CT molecular complexity index is 623. The van der Waals surface area contributed by atoms with Gasteiger partial charge in [0.1, 0.15) is 5.82 Å². The number of aryl methyl sites for hydroxylation is 1. The van der Waals surface area contributed by atoms with Crippen molar-refractivity contribution in [1.82, 2.24) is 20.1 Å². The Balaban J connectivity index is 1.54. The SMILES string of the molecule is Cn1cc(CNCc2ccc(N3CCCCC3CCO)nc2)cn1. The van der Waals surface area contributed by atoms with Crippen LogP contribution in [0.3, 0.4) is 0 Å². The number of nitrogens with one attached hydrogen (secondary N) is 1. The second-order valence-electron chi connectivity index (χ2n) is 6.51. The van der Waals surface area contributed by atoms with Gasteiger partial charge in [-0.05, 0) is 37.3 Å². The molecule has 0 amide bonds. The van der Waals surface area contributed by atoms with Crippen LogP contribution in [-0.2, 0) is 20.1 Å². The van der Waals surface area contributed by atoms with Gasteiger partial charge >= 0.3 is 0 Å². The summed E-state index contributed by atoms with van der Waals surface area (Å²) in [5.41, 5.74) is 2.36. The largest absolute Gasteiger partial charge is 0.396 e. The number of piperidine rings is 1. The lowest BCUT2D eigenvalue weighted by Crippen LogP contribution is -2.40. The number of rotatable bonds is 7. The fourth-order valence-corrected chi connectivity index (χ4v) is 3.36. The normalized spacial score (nSPS) is 18.1. The number of aliphatic hydroxyl groups is 1. The molecule has 1 unspecified atom stereocenters. The van der Waals surface area contributed by atoms with Crippen LogP contribution in [0.15, 0.2) is 30.7 Å². The van der Waals surface area contributed by atoms with Crippen LogP contribution in [0.4, 0.5) is 5.82 Å². The number of hydrogen-bond acceptors (Lipinski definition) is 5. The number of pyridine rings is 1. The summed E-state index contributed by atoms with van der Waals surface area (Å²) in [7, 11) is 1.93. The first-order chi connectivity index (χ1) is 11.8. The predicted molar refractivity (Wildman–Crippen MR) is 94.7 cm³/mol. The minimum atomic E-state index is 0.248. The fourth-order valence-electron chi connectivity index (χ4n) is 3.36. The van der Waals surface area contributed by atoms with E-state index < -0.39 is 0 Å². The van der Waals surface area contributed by atoms with Crippen LogP contribution in [0.5, 0.6) is 0 Å². The molecule has 0 radical (unpaired) electrons. The molecule has 0 saturated carbocycles. The Morgan fingerprint density at radius 3 is 2.79 bits per heavy atom. The second kappa shape index (κ2) is 8.26. The van der Waals surface area contributed by atoms with Gasteiger partial charge in [-0.25, -0.2) is 4.98 Å². The molecule has 0 aliphatic carbocycles. The number of nitrogens with zero attached hydrogens (tertiary/aromatic N) is 4. The zero-order chi connectivity index (χ0) is 16.8. The molecule has 1 aliphatic rings. The maximum Gasteiger partial charge on any atom is 0.128 e. The van der Waals surface area contributed by atoms with Gasteiger partial charge in [0.2, 0.25) is 0 Å². The van der Waals surface area contributed by atoms with Crippen molar-refractivity contribution in [3.8, 4) is 0 Å². The molecule has 2 N–H and O–H groups in total. The van der Waals surface area contributed by atoms with Crippen molar-refractivity contribution in [2.24, 2.45) is 7.05 Å². The maximum absolute atomic E-state index is 9.26. The van der Waals surface area contributed by atoms with E-state index in [1.807, 2.05) is 30.3 Å². The van der Waals surface area contributed by atoms with E-state index in [1.54, 1.807) is 0 Å². The molecule has 0 bridgehead atoms. The minimum absolute atomic E-state index is 0.248. The molecule has 6 nitrogen and oxygen atoms in total. The molecule has 24 heavy (non-hydrogen) atoms. The average molecular weight is 329 g/mol. The Morgan fingerprint density at radius 1 is 1.21 bits per heavy atom. The third-order valence-electron chi connectivity index (χ3n) is 4.61. The van der Waals surface area contributed by atoms with Crippen LogP contribution >= 0.6 is 0 Å². The first-order valence-electron chi connectivity index (χ1n) is 8.77. The Labute approximate surface area is 143 Å². The van der Waals surface area contributed by atoms with Gasteiger partial charge in [-0.3, -0.25) is 4.68 Å². The molecule has 6 heteroatoms. The van der Waals surface area contributed by atoms with Crippen LogP contribution in [0.2, 0.25) is 0 Å². The highest BCUT2D eigenvalue weighted by molar-refractivity contribution is 5.41. The van der Waals surface area contributed by atoms with Crippen LogP contribution in [0.25, 0.3) is 0 Å². The maximum atomic E-state index is 9.26. The van der Waals surface area contributed by atoms with Gasteiger partial charge in [0.25, 0.3) is 0 Å². The summed E-state index contributed by atoms with van der Waals surface area (Å²) in [6, 6.07) is 4.67. The molecule has 1 saturated heterocycles. The first kappa shape index (κ1) is 16.9. The van der Waals surface area contributed by atoms with Crippen LogP contribution in [0, 0.1) is 0 Å². The molecule has 0 aromatic carbocycles. The van der Waals surface area contributed by atoms with E-state index in [2.05, 4.69) is 32.4 Å². The minimum Gasteiger partial charge on any atom is -0.396 e. The molecule has 1 aliphatic heterocycles. The Hall–Kier alpha value is -1.92. The monoisotopic (exact) mass is 329 g/mol. The van der Waals surface area contributed by atoms with E-state index in [4.69, 9.17) is 0 Å². The van der Waals surface area contributed by atoms with Crippen molar-refractivity contribution < 1.29 is 5.11 Å². The zero-order valence-corrected chi connectivity index (χ0v) is 14.4. The number of aliphatic hydroxyl groups excluding tert-OH is 1. The lowest BCUT2D eigenvalue weighted by Gasteiger charge is -2.36. The third kappa shape index (κ3) is 4.33. The van der Waals surface area contributed by atoms with Gasteiger partial charge in [-0.1, -0.05) is 6.07 Å². The van der Waals surface area contributed by atoms with E-state index in [0.29, 0.717) is 6.04 Å². The summed E-state index contributed by atoms with van der Waals surface area (Å²) >= 11 is 0. The van der Waals surface area contributed by atoms with Crippen LogP contribution in [0.1, 0.15) is 36.8 Å². The standard InChI is InChI=1S/C18H27N5O/c1-22-14-16(13-21-22)11-19-10-15-5-6-18(20-12-15)23-8-3-2-4-17(23)7-9-24/h5-6,12-14,17,19,24H,2-4,7-11H2,1H3. The van der Waals surface area contributed by atoms with Gasteiger partial charge in [0, 0.05) is 57.3 Å². The number of hydrogen-bond donors (Lipinski definition) is 2. The van der Waals surface area contributed by atoms with Crippen LogP contribution < -0.4 is 10.2 Å². The topological polar surface area (TPSA) is 66.2 Å². The number of aromatic nitrogens is 3. The van der Waals surface area contributed by atoms with Crippen molar-refractivity contribution in [1.29, 1.82) is 0 Å². The fraction of sp³-hybridized carbons (Fsp3) is 0.556. The van der Waals surface area contributed by atoms with Gasteiger partial charge in [-0.2, -0.15) is 5.10 Å². The molecule has 0 spiro atoms.